The average molecular weight is 386 g/mol. The van der Waals surface area contributed by atoms with Gasteiger partial charge in [0.05, 0.1) is 15.7 Å². The second-order valence-electron chi connectivity index (χ2n) is 6.94. The first kappa shape index (κ1) is 19.2. The molecule has 0 radical (unpaired) electrons. The molecular weight excluding hydrogens is 362 g/mol. The zero-order chi connectivity index (χ0) is 17.0. The monoisotopic (exact) mass is 385 g/mol. The van der Waals surface area contributed by atoms with E-state index in [-0.39, 0.29) is 16.4 Å². The van der Waals surface area contributed by atoms with Gasteiger partial charge in [-0.05, 0) is 65.2 Å². The molecule has 0 saturated carbocycles. The topological polar surface area (TPSA) is 38.3 Å². The predicted molar refractivity (Wildman–Crippen MR) is 96.5 cm³/mol. The van der Waals surface area contributed by atoms with E-state index in [9.17, 15) is 4.21 Å². The van der Waals surface area contributed by atoms with E-state index >= 15 is 0 Å². The van der Waals surface area contributed by atoms with E-state index < -0.39 is 11.0 Å². The first-order valence-corrected chi connectivity index (χ1v) is 9.05. The van der Waals surface area contributed by atoms with Crippen LogP contribution >= 0.6 is 15.9 Å². The molecule has 0 aromatic heterocycles. The maximum Gasteiger partial charge on any atom is 0.112 e. The average Bonchev–Trinajstić information content (AvgIpc) is 2.36. The van der Waals surface area contributed by atoms with Crippen molar-refractivity contribution in [3.8, 4) is 12.0 Å². The van der Waals surface area contributed by atoms with E-state index in [4.69, 9.17) is 4.74 Å². The van der Waals surface area contributed by atoms with Gasteiger partial charge in [0, 0.05) is 4.47 Å². The number of ether oxygens (including phenoxy) is 1. The Morgan fingerprint density at radius 2 is 1.68 bits per heavy atom. The van der Waals surface area contributed by atoms with Crippen molar-refractivity contribution in [2.75, 3.05) is 0 Å². The quantitative estimate of drug-likeness (QED) is 0.786. The molecule has 122 valence electrons. The third-order valence-corrected chi connectivity index (χ3v) is 4.64. The van der Waals surface area contributed by atoms with Gasteiger partial charge in [0.25, 0.3) is 0 Å². The molecule has 3 nitrogen and oxygen atoms in total. The molecule has 0 amide bonds. The van der Waals surface area contributed by atoms with E-state index in [1.54, 1.807) is 0 Å². The molecule has 0 saturated heterocycles. The Bertz CT molecular complexity index is 574. The molecule has 0 unspecified atom stereocenters. The maximum atomic E-state index is 12.4. The molecule has 0 spiro atoms. The van der Waals surface area contributed by atoms with Gasteiger partial charge in [0.1, 0.15) is 17.7 Å². The molecule has 0 aliphatic heterocycles. The number of rotatable bonds is 3. The first-order chi connectivity index (χ1) is 9.99. The fourth-order valence-corrected chi connectivity index (χ4v) is 2.39. The normalized spacial score (nSPS) is 14.7. The van der Waals surface area contributed by atoms with Crippen molar-refractivity contribution in [2.24, 2.45) is 0 Å². The summed E-state index contributed by atoms with van der Waals surface area (Å²) < 4.78 is 21.5. The molecule has 0 bridgehead atoms. The second kappa shape index (κ2) is 7.63. The fraction of sp³-hybridized carbons (Fsp3) is 0.529. The summed E-state index contributed by atoms with van der Waals surface area (Å²) in [6.07, 6.45) is 2.74. The highest BCUT2D eigenvalue weighted by atomic mass is 79.9. The summed E-state index contributed by atoms with van der Waals surface area (Å²) in [5.74, 6) is 3.02. The van der Waals surface area contributed by atoms with Crippen LogP contribution in [0.3, 0.4) is 0 Å². The Kier molecular flexibility index (Phi) is 6.66. The SMILES string of the molecule is CC(C)(C)OC#C[C@@H](N[S@@](=O)C(C)(C)C)c1ccc(Br)cc1. The van der Waals surface area contributed by atoms with Crippen LogP contribution in [0.15, 0.2) is 28.7 Å². The van der Waals surface area contributed by atoms with Crippen LogP contribution in [0, 0.1) is 12.0 Å². The van der Waals surface area contributed by atoms with Crippen molar-refractivity contribution in [3.63, 3.8) is 0 Å². The molecule has 1 aromatic rings. The number of benzene rings is 1. The van der Waals surface area contributed by atoms with Crippen molar-refractivity contribution in [2.45, 2.75) is 57.9 Å². The summed E-state index contributed by atoms with van der Waals surface area (Å²) in [4.78, 5) is 0. The third kappa shape index (κ3) is 6.95. The largest absolute Gasteiger partial charge is 0.441 e. The van der Waals surface area contributed by atoms with Crippen LogP contribution in [0.4, 0.5) is 0 Å². The standard InChI is InChI=1S/C17H24BrNO2S/c1-16(2,3)21-12-11-15(19-22(20)17(4,5)6)13-7-9-14(18)10-8-13/h7-10,15,19H,1-6H3/t15-,22+/m1/s1. The Morgan fingerprint density at radius 3 is 2.14 bits per heavy atom. The Labute approximate surface area is 144 Å². The van der Waals surface area contributed by atoms with Gasteiger partial charge in [-0.1, -0.05) is 28.1 Å². The number of hydrogen-bond acceptors (Lipinski definition) is 2. The highest BCUT2D eigenvalue weighted by Crippen LogP contribution is 2.19. The third-order valence-electron chi connectivity index (χ3n) is 2.54. The van der Waals surface area contributed by atoms with Gasteiger partial charge in [-0.3, -0.25) is 0 Å². The summed E-state index contributed by atoms with van der Waals surface area (Å²) >= 11 is 3.41. The first-order valence-electron chi connectivity index (χ1n) is 7.11. The number of halogens is 1. The van der Waals surface area contributed by atoms with Gasteiger partial charge >= 0.3 is 0 Å². The highest BCUT2D eigenvalue weighted by molar-refractivity contribution is 9.10. The van der Waals surface area contributed by atoms with E-state index in [1.165, 1.54) is 0 Å². The number of hydrogen-bond donors (Lipinski definition) is 1. The molecule has 0 heterocycles. The minimum Gasteiger partial charge on any atom is -0.441 e. The molecule has 22 heavy (non-hydrogen) atoms. The van der Waals surface area contributed by atoms with Crippen molar-refractivity contribution >= 4 is 26.9 Å². The molecule has 1 aromatic carbocycles. The molecule has 2 atom stereocenters. The van der Waals surface area contributed by atoms with Crippen molar-refractivity contribution in [3.05, 3.63) is 34.3 Å². The second-order valence-corrected chi connectivity index (χ2v) is 9.86. The van der Waals surface area contributed by atoms with Gasteiger partial charge in [0.2, 0.25) is 0 Å². The van der Waals surface area contributed by atoms with Crippen molar-refractivity contribution in [1.29, 1.82) is 0 Å². The Hall–Kier alpha value is -0.830. The lowest BCUT2D eigenvalue weighted by atomic mass is 10.1. The summed E-state index contributed by atoms with van der Waals surface area (Å²) in [6, 6.07) is 7.43. The van der Waals surface area contributed by atoms with Gasteiger partial charge in [0.15, 0.2) is 0 Å². The molecule has 0 aliphatic rings. The van der Waals surface area contributed by atoms with Crippen LogP contribution in [0.2, 0.25) is 0 Å². The smallest absolute Gasteiger partial charge is 0.112 e. The zero-order valence-corrected chi connectivity index (χ0v) is 16.4. The lowest BCUT2D eigenvalue weighted by Gasteiger charge is -2.22. The van der Waals surface area contributed by atoms with Crippen molar-refractivity contribution < 1.29 is 8.95 Å². The molecular formula is C17H24BrNO2S. The summed E-state index contributed by atoms with van der Waals surface area (Å²) in [6.45, 7) is 11.6. The molecule has 1 rings (SSSR count). The van der Waals surface area contributed by atoms with E-state index in [2.05, 4.69) is 32.7 Å². The summed E-state index contributed by atoms with van der Waals surface area (Å²) in [7, 11) is -1.22. The molecule has 0 fully saturated rings. The van der Waals surface area contributed by atoms with Crippen LogP contribution < -0.4 is 4.72 Å². The zero-order valence-electron chi connectivity index (χ0n) is 14.0. The van der Waals surface area contributed by atoms with Gasteiger partial charge in [-0.25, -0.2) is 8.93 Å². The van der Waals surface area contributed by atoms with Crippen LogP contribution in [-0.2, 0) is 15.7 Å². The minimum atomic E-state index is -1.22. The predicted octanol–water partition coefficient (Wildman–Crippen LogP) is 4.32. The highest BCUT2D eigenvalue weighted by Gasteiger charge is 2.23. The summed E-state index contributed by atoms with van der Waals surface area (Å²) in [5.41, 5.74) is 0.617. The number of nitrogens with one attached hydrogen (secondary N) is 1. The molecule has 1 N–H and O–H groups in total. The Morgan fingerprint density at radius 1 is 1.14 bits per heavy atom. The van der Waals surface area contributed by atoms with Gasteiger partial charge in [-0.2, -0.15) is 0 Å². The lowest BCUT2D eigenvalue weighted by Crippen LogP contribution is -2.35. The van der Waals surface area contributed by atoms with Crippen LogP contribution in [0.25, 0.3) is 0 Å². The van der Waals surface area contributed by atoms with E-state index in [0.29, 0.717) is 0 Å². The van der Waals surface area contributed by atoms with E-state index in [1.807, 2.05) is 65.8 Å². The summed E-state index contributed by atoms with van der Waals surface area (Å²) in [5, 5.41) is 0. The minimum absolute atomic E-state index is 0.333. The molecule has 0 aliphatic carbocycles. The lowest BCUT2D eigenvalue weighted by molar-refractivity contribution is 0.0960. The fourth-order valence-electron chi connectivity index (χ4n) is 1.36. The maximum absolute atomic E-state index is 12.4. The van der Waals surface area contributed by atoms with E-state index in [0.717, 1.165) is 10.0 Å². The van der Waals surface area contributed by atoms with Crippen molar-refractivity contribution in [1.82, 2.24) is 4.72 Å². The van der Waals surface area contributed by atoms with Crippen LogP contribution in [-0.4, -0.2) is 14.6 Å². The Balaban J connectivity index is 3.00. The van der Waals surface area contributed by atoms with Crippen LogP contribution in [0.1, 0.15) is 53.1 Å². The molecule has 5 heteroatoms. The van der Waals surface area contributed by atoms with Gasteiger partial charge in [-0.15, -0.1) is 0 Å². The van der Waals surface area contributed by atoms with Crippen LogP contribution in [0.5, 0.6) is 0 Å². The van der Waals surface area contributed by atoms with Gasteiger partial charge < -0.3 is 4.74 Å².